The molecule has 1 aliphatic rings. The number of amides is 1. The van der Waals surface area contributed by atoms with Crippen LogP contribution >= 0.6 is 0 Å². The van der Waals surface area contributed by atoms with Crippen LogP contribution in [0.3, 0.4) is 0 Å². The summed E-state index contributed by atoms with van der Waals surface area (Å²) in [4.78, 5) is 34.5. The van der Waals surface area contributed by atoms with E-state index in [0.29, 0.717) is 43.2 Å². The van der Waals surface area contributed by atoms with Gasteiger partial charge in [-0.15, -0.1) is 0 Å². The molecule has 4 rings (SSSR count). The number of non-ortho nitro benzene ring substituents is 1. The van der Waals surface area contributed by atoms with Gasteiger partial charge in [0.1, 0.15) is 13.2 Å². The van der Waals surface area contributed by atoms with Crippen molar-refractivity contribution in [1.29, 1.82) is 0 Å². The summed E-state index contributed by atoms with van der Waals surface area (Å²) in [6.45, 7) is 1.64. The van der Waals surface area contributed by atoms with E-state index in [9.17, 15) is 19.7 Å². The van der Waals surface area contributed by atoms with Gasteiger partial charge in [0.05, 0.1) is 16.5 Å². The number of fused-ring (bicyclic) bond motifs is 2. The lowest BCUT2D eigenvalue weighted by molar-refractivity contribution is -0.384. The van der Waals surface area contributed by atoms with E-state index in [1.165, 1.54) is 22.8 Å². The van der Waals surface area contributed by atoms with Crippen molar-refractivity contribution in [1.82, 2.24) is 9.88 Å². The van der Waals surface area contributed by atoms with Gasteiger partial charge in [0.2, 0.25) is 5.91 Å². The van der Waals surface area contributed by atoms with E-state index < -0.39 is 10.7 Å². The second kappa shape index (κ2) is 8.27. The summed E-state index contributed by atoms with van der Waals surface area (Å²) < 4.78 is 17.4. The SMILES string of the molecule is O=C(CCCn1c(=O)oc2cc([N+](=O)[O-])ccc21)NCc1ccc2c(c1)OCCO2. The highest BCUT2D eigenvalue weighted by atomic mass is 16.6. The van der Waals surface area contributed by atoms with Gasteiger partial charge >= 0.3 is 5.76 Å². The van der Waals surface area contributed by atoms with Gasteiger partial charge in [-0.2, -0.15) is 0 Å². The maximum Gasteiger partial charge on any atom is 0.419 e. The Bertz CT molecular complexity index is 1160. The lowest BCUT2D eigenvalue weighted by Gasteiger charge is -2.19. The van der Waals surface area contributed by atoms with Gasteiger partial charge < -0.3 is 19.2 Å². The zero-order valence-electron chi connectivity index (χ0n) is 16.0. The Labute approximate surface area is 170 Å². The second-order valence-corrected chi connectivity index (χ2v) is 6.79. The first-order chi connectivity index (χ1) is 14.5. The number of rotatable bonds is 7. The molecule has 0 atom stereocenters. The van der Waals surface area contributed by atoms with Gasteiger partial charge in [0.25, 0.3) is 5.69 Å². The number of oxazole rings is 1. The lowest BCUT2D eigenvalue weighted by Crippen LogP contribution is -2.24. The Morgan fingerprint density at radius 3 is 2.73 bits per heavy atom. The number of aryl methyl sites for hydroxylation is 1. The molecule has 0 radical (unpaired) electrons. The quantitative estimate of drug-likeness (QED) is 0.465. The van der Waals surface area contributed by atoms with E-state index in [4.69, 9.17) is 13.9 Å². The molecule has 0 spiro atoms. The molecule has 0 fully saturated rings. The largest absolute Gasteiger partial charge is 0.486 e. The molecule has 0 saturated carbocycles. The zero-order chi connectivity index (χ0) is 21.1. The van der Waals surface area contributed by atoms with Crippen molar-refractivity contribution in [2.45, 2.75) is 25.9 Å². The molecule has 0 aliphatic carbocycles. The number of carbonyl (C=O) groups excluding carboxylic acids is 1. The van der Waals surface area contributed by atoms with Crippen LogP contribution in [-0.4, -0.2) is 28.6 Å². The first-order valence-corrected chi connectivity index (χ1v) is 9.44. The molecule has 3 aromatic rings. The lowest BCUT2D eigenvalue weighted by atomic mass is 10.2. The van der Waals surface area contributed by atoms with Crippen molar-refractivity contribution in [3.8, 4) is 11.5 Å². The average Bonchev–Trinajstić information content (AvgIpc) is 3.06. The van der Waals surface area contributed by atoms with Crippen molar-refractivity contribution in [3.63, 3.8) is 0 Å². The number of nitro benzene ring substituents is 1. The molecule has 10 heteroatoms. The van der Waals surface area contributed by atoms with E-state index in [0.717, 1.165) is 5.56 Å². The number of nitrogens with zero attached hydrogens (tertiary/aromatic N) is 2. The summed E-state index contributed by atoms with van der Waals surface area (Å²) in [5.74, 6) is 0.599. The minimum absolute atomic E-state index is 0.150. The first kappa shape index (κ1) is 19.5. The van der Waals surface area contributed by atoms with Gasteiger partial charge in [-0.05, 0) is 30.2 Å². The van der Waals surface area contributed by atoms with Crippen LogP contribution in [0.5, 0.6) is 11.5 Å². The molecule has 0 unspecified atom stereocenters. The highest BCUT2D eigenvalue weighted by Crippen LogP contribution is 2.30. The molecule has 30 heavy (non-hydrogen) atoms. The number of hydrogen-bond donors (Lipinski definition) is 1. The van der Waals surface area contributed by atoms with Crippen LogP contribution in [0, 0.1) is 10.1 Å². The maximum absolute atomic E-state index is 12.1. The fourth-order valence-corrected chi connectivity index (χ4v) is 3.26. The predicted molar refractivity (Wildman–Crippen MR) is 106 cm³/mol. The third kappa shape index (κ3) is 4.12. The number of nitrogens with one attached hydrogen (secondary N) is 1. The normalized spacial score (nSPS) is 12.7. The van der Waals surface area contributed by atoms with Crippen LogP contribution in [-0.2, 0) is 17.9 Å². The topological polar surface area (TPSA) is 126 Å². The maximum atomic E-state index is 12.1. The van der Waals surface area contributed by atoms with Crippen LogP contribution in [0.15, 0.2) is 45.6 Å². The number of nitro groups is 1. The highest BCUT2D eigenvalue weighted by molar-refractivity contribution is 5.76. The fourth-order valence-electron chi connectivity index (χ4n) is 3.26. The Kier molecular flexibility index (Phi) is 5.38. The number of benzene rings is 2. The molecule has 2 aromatic carbocycles. The zero-order valence-corrected chi connectivity index (χ0v) is 16.0. The molecule has 1 aliphatic heterocycles. The fraction of sp³-hybridized carbons (Fsp3) is 0.300. The van der Waals surface area contributed by atoms with Gasteiger partial charge in [-0.3, -0.25) is 19.5 Å². The Morgan fingerprint density at radius 1 is 1.13 bits per heavy atom. The third-order valence-electron chi connectivity index (χ3n) is 4.74. The smallest absolute Gasteiger partial charge is 0.419 e. The van der Waals surface area contributed by atoms with Crippen LogP contribution < -0.4 is 20.5 Å². The number of aromatic nitrogens is 1. The van der Waals surface area contributed by atoms with Crippen molar-refractivity contribution < 1.29 is 23.6 Å². The van der Waals surface area contributed by atoms with E-state index >= 15 is 0 Å². The molecule has 0 saturated heterocycles. The van der Waals surface area contributed by atoms with Gasteiger partial charge in [0, 0.05) is 25.6 Å². The number of ether oxygens (including phenoxy) is 2. The van der Waals surface area contributed by atoms with E-state index in [-0.39, 0.29) is 30.1 Å². The monoisotopic (exact) mass is 413 g/mol. The highest BCUT2D eigenvalue weighted by Gasteiger charge is 2.15. The van der Waals surface area contributed by atoms with Crippen molar-refractivity contribution >= 4 is 22.7 Å². The molecular weight excluding hydrogens is 394 g/mol. The third-order valence-corrected chi connectivity index (χ3v) is 4.74. The summed E-state index contributed by atoms with van der Waals surface area (Å²) in [6.07, 6.45) is 0.634. The first-order valence-electron chi connectivity index (χ1n) is 9.44. The minimum Gasteiger partial charge on any atom is -0.486 e. The van der Waals surface area contributed by atoms with Gasteiger partial charge in [0.15, 0.2) is 17.1 Å². The van der Waals surface area contributed by atoms with Crippen LogP contribution in [0.2, 0.25) is 0 Å². The van der Waals surface area contributed by atoms with Crippen molar-refractivity contribution in [2.24, 2.45) is 0 Å². The van der Waals surface area contributed by atoms with Gasteiger partial charge in [-0.1, -0.05) is 6.07 Å². The van der Waals surface area contributed by atoms with Crippen molar-refractivity contribution in [3.05, 3.63) is 62.6 Å². The van der Waals surface area contributed by atoms with Crippen LogP contribution in [0.1, 0.15) is 18.4 Å². The molecule has 10 nitrogen and oxygen atoms in total. The Morgan fingerprint density at radius 2 is 1.93 bits per heavy atom. The molecule has 2 heterocycles. The predicted octanol–water partition coefficient (Wildman–Crippen LogP) is 2.37. The van der Waals surface area contributed by atoms with Gasteiger partial charge in [-0.25, -0.2) is 4.79 Å². The van der Waals surface area contributed by atoms with E-state index in [2.05, 4.69) is 5.32 Å². The average molecular weight is 413 g/mol. The summed E-state index contributed by atoms with van der Waals surface area (Å²) in [5.41, 5.74) is 1.35. The van der Waals surface area contributed by atoms with Crippen LogP contribution in [0.25, 0.3) is 11.1 Å². The molecule has 1 N–H and O–H groups in total. The van der Waals surface area contributed by atoms with E-state index in [1.54, 1.807) is 0 Å². The minimum atomic E-state index is -0.609. The molecule has 156 valence electrons. The molecule has 0 bridgehead atoms. The Hall–Kier alpha value is -3.82. The van der Waals surface area contributed by atoms with E-state index in [1.807, 2.05) is 18.2 Å². The summed E-state index contributed by atoms with van der Waals surface area (Å²) >= 11 is 0. The summed E-state index contributed by atoms with van der Waals surface area (Å²) in [6, 6.07) is 9.52. The second-order valence-electron chi connectivity index (χ2n) is 6.79. The molecule has 1 aromatic heterocycles. The molecular formula is C20H19N3O7. The van der Waals surface area contributed by atoms with Crippen LogP contribution in [0.4, 0.5) is 5.69 Å². The summed E-state index contributed by atoms with van der Waals surface area (Å²) in [5, 5.41) is 13.7. The molecule has 1 amide bonds. The standard InChI is InChI=1S/C20H19N3O7/c24-19(21-12-13-3-6-16-18(10-13)29-9-8-28-16)2-1-7-22-15-5-4-14(23(26)27)11-17(15)30-20(22)25/h3-6,10-11H,1-2,7-9,12H2,(H,21,24). The number of carbonyl (C=O) groups is 1. The van der Waals surface area contributed by atoms with Crippen molar-refractivity contribution in [2.75, 3.05) is 13.2 Å². The Balaban J connectivity index is 1.31. The summed E-state index contributed by atoms with van der Waals surface area (Å²) in [7, 11) is 0. The number of hydrogen-bond acceptors (Lipinski definition) is 7.